The summed E-state index contributed by atoms with van der Waals surface area (Å²) in [5.41, 5.74) is 0.225. The van der Waals surface area contributed by atoms with Gasteiger partial charge in [-0.15, -0.1) is 12.4 Å². The summed E-state index contributed by atoms with van der Waals surface area (Å²) in [7, 11) is 1.56. The first-order valence-corrected chi connectivity index (χ1v) is 9.99. The Morgan fingerprint density at radius 1 is 1.19 bits per heavy atom. The van der Waals surface area contributed by atoms with Crippen LogP contribution in [-0.4, -0.2) is 44.3 Å². The van der Waals surface area contributed by atoms with Gasteiger partial charge in [0.05, 0.1) is 25.9 Å². The molecule has 0 spiro atoms. The van der Waals surface area contributed by atoms with Crippen LogP contribution in [0.4, 0.5) is 23.7 Å². The highest BCUT2D eigenvalue weighted by Crippen LogP contribution is 2.35. The van der Waals surface area contributed by atoms with Gasteiger partial charge in [-0.05, 0) is 36.8 Å². The Labute approximate surface area is 191 Å². The van der Waals surface area contributed by atoms with Crippen LogP contribution in [-0.2, 0) is 17.5 Å². The fourth-order valence-corrected chi connectivity index (χ4v) is 3.40. The normalized spacial score (nSPS) is 15.0. The van der Waals surface area contributed by atoms with Crippen LogP contribution in [0.15, 0.2) is 42.5 Å². The molecule has 6 nitrogen and oxygen atoms in total. The van der Waals surface area contributed by atoms with E-state index < -0.39 is 17.8 Å². The molecule has 0 bridgehead atoms. The molecule has 1 heterocycles. The zero-order valence-corrected chi connectivity index (χ0v) is 18.7. The van der Waals surface area contributed by atoms with Crippen LogP contribution in [0, 0.1) is 0 Å². The van der Waals surface area contributed by atoms with Crippen molar-refractivity contribution in [3.8, 4) is 5.75 Å². The zero-order valence-electron chi connectivity index (χ0n) is 17.9. The standard InChI is InChI=1S/C22H26F3N3O3.ClH/c1-15(16-5-3-6-17(13-16)30-2)26-14-18-19(22(23,24)25)7-4-8-20(18)27-21(29)28-9-11-31-12-10-28;/h3-8,13,15,26H,9-12,14H2,1-2H3,(H,27,29);1H/t15-;/m1./s1. The highest BCUT2D eigenvalue weighted by molar-refractivity contribution is 5.90. The molecule has 176 valence electrons. The van der Waals surface area contributed by atoms with Crippen molar-refractivity contribution in [3.05, 3.63) is 59.2 Å². The first-order chi connectivity index (χ1) is 14.8. The van der Waals surface area contributed by atoms with Gasteiger partial charge in [-0.3, -0.25) is 0 Å². The smallest absolute Gasteiger partial charge is 0.416 e. The van der Waals surface area contributed by atoms with E-state index in [2.05, 4.69) is 10.6 Å². The van der Waals surface area contributed by atoms with Crippen molar-refractivity contribution in [2.75, 3.05) is 38.7 Å². The lowest BCUT2D eigenvalue weighted by molar-refractivity contribution is -0.138. The van der Waals surface area contributed by atoms with Crippen molar-refractivity contribution in [1.29, 1.82) is 0 Å². The molecule has 0 saturated carbocycles. The number of amides is 2. The van der Waals surface area contributed by atoms with E-state index >= 15 is 0 Å². The maximum atomic E-state index is 13.7. The molecule has 2 aromatic rings. The Bertz CT molecular complexity index is 905. The predicted octanol–water partition coefficient (Wildman–Crippen LogP) is 4.85. The van der Waals surface area contributed by atoms with E-state index in [1.54, 1.807) is 13.2 Å². The molecule has 1 aliphatic heterocycles. The van der Waals surface area contributed by atoms with Crippen LogP contribution >= 0.6 is 12.4 Å². The van der Waals surface area contributed by atoms with E-state index in [4.69, 9.17) is 9.47 Å². The van der Waals surface area contributed by atoms with Gasteiger partial charge in [0.2, 0.25) is 0 Å². The van der Waals surface area contributed by atoms with Gasteiger partial charge in [-0.2, -0.15) is 13.2 Å². The number of morpholine rings is 1. The van der Waals surface area contributed by atoms with Gasteiger partial charge in [0.1, 0.15) is 5.75 Å². The number of nitrogens with zero attached hydrogens (tertiary/aromatic N) is 1. The number of hydrogen-bond acceptors (Lipinski definition) is 4. The first-order valence-electron chi connectivity index (χ1n) is 9.99. The topological polar surface area (TPSA) is 62.8 Å². The third kappa shape index (κ3) is 6.51. The van der Waals surface area contributed by atoms with E-state index in [-0.39, 0.29) is 36.2 Å². The van der Waals surface area contributed by atoms with E-state index in [0.717, 1.165) is 11.6 Å². The van der Waals surface area contributed by atoms with Crippen LogP contribution < -0.4 is 15.4 Å². The summed E-state index contributed by atoms with van der Waals surface area (Å²) in [5.74, 6) is 0.667. The van der Waals surface area contributed by atoms with Crippen LogP contribution in [0.1, 0.15) is 29.7 Å². The Kier molecular flexibility index (Phi) is 9.18. The number of anilines is 1. The minimum absolute atomic E-state index is 0. The second-order valence-corrected chi connectivity index (χ2v) is 7.24. The van der Waals surface area contributed by atoms with Crippen molar-refractivity contribution >= 4 is 24.1 Å². The Morgan fingerprint density at radius 2 is 1.88 bits per heavy atom. The molecule has 0 aliphatic carbocycles. The number of alkyl halides is 3. The molecular weight excluding hydrogens is 447 g/mol. The van der Waals surface area contributed by atoms with Crippen LogP contribution in [0.5, 0.6) is 5.75 Å². The number of benzene rings is 2. The summed E-state index contributed by atoms with van der Waals surface area (Å²) >= 11 is 0. The molecule has 0 radical (unpaired) electrons. The highest BCUT2D eigenvalue weighted by Gasteiger charge is 2.34. The minimum Gasteiger partial charge on any atom is -0.497 e. The quantitative estimate of drug-likeness (QED) is 0.629. The highest BCUT2D eigenvalue weighted by atomic mass is 35.5. The number of halogens is 4. The molecular formula is C22H27ClF3N3O3. The molecule has 0 aromatic heterocycles. The van der Waals surface area contributed by atoms with Crippen molar-refractivity contribution < 1.29 is 27.4 Å². The first kappa shape index (κ1) is 25.8. The fraction of sp³-hybridized carbons (Fsp3) is 0.409. The number of rotatable bonds is 6. The van der Waals surface area contributed by atoms with Crippen LogP contribution in [0.3, 0.4) is 0 Å². The van der Waals surface area contributed by atoms with E-state index in [9.17, 15) is 18.0 Å². The fourth-order valence-electron chi connectivity index (χ4n) is 3.40. The van der Waals surface area contributed by atoms with Crippen molar-refractivity contribution in [2.24, 2.45) is 0 Å². The van der Waals surface area contributed by atoms with Crippen LogP contribution in [0.2, 0.25) is 0 Å². The summed E-state index contributed by atoms with van der Waals surface area (Å²) in [4.78, 5) is 14.1. The number of carbonyl (C=O) groups is 1. The molecule has 1 fully saturated rings. The largest absolute Gasteiger partial charge is 0.497 e. The van der Waals surface area contributed by atoms with Crippen molar-refractivity contribution in [3.63, 3.8) is 0 Å². The number of nitrogens with one attached hydrogen (secondary N) is 2. The predicted molar refractivity (Wildman–Crippen MR) is 118 cm³/mol. The summed E-state index contributed by atoms with van der Waals surface area (Å²) < 4.78 is 51.5. The third-order valence-corrected chi connectivity index (χ3v) is 5.20. The summed E-state index contributed by atoms with van der Waals surface area (Å²) in [6, 6.07) is 10.5. The molecule has 32 heavy (non-hydrogen) atoms. The second-order valence-electron chi connectivity index (χ2n) is 7.24. The molecule has 2 aromatic carbocycles. The van der Waals surface area contributed by atoms with E-state index in [1.807, 2.05) is 25.1 Å². The molecule has 2 N–H and O–H groups in total. The van der Waals surface area contributed by atoms with Crippen molar-refractivity contribution in [1.82, 2.24) is 10.2 Å². The lowest BCUT2D eigenvalue weighted by Crippen LogP contribution is -2.43. The average Bonchev–Trinajstić information content (AvgIpc) is 2.77. The Balaban J connectivity index is 0.00000363. The Morgan fingerprint density at radius 3 is 2.53 bits per heavy atom. The second kappa shape index (κ2) is 11.4. The van der Waals surface area contributed by atoms with E-state index in [0.29, 0.717) is 32.1 Å². The van der Waals surface area contributed by atoms with Crippen molar-refractivity contribution in [2.45, 2.75) is 25.7 Å². The molecule has 0 unspecified atom stereocenters. The maximum Gasteiger partial charge on any atom is 0.416 e. The molecule has 1 aliphatic rings. The number of urea groups is 1. The lowest BCUT2D eigenvalue weighted by Gasteiger charge is -2.28. The van der Waals surface area contributed by atoms with Gasteiger partial charge in [0.25, 0.3) is 0 Å². The van der Waals surface area contributed by atoms with Gasteiger partial charge >= 0.3 is 12.2 Å². The molecule has 1 atom stereocenters. The SMILES string of the molecule is COc1cccc([C@@H](C)NCc2c(NC(=O)N3CCOCC3)cccc2C(F)(F)F)c1.Cl. The number of ether oxygens (including phenoxy) is 2. The van der Waals surface area contributed by atoms with Gasteiger partial charge < -0.3 is 25.0 Å². The molecule has 2 amide bonds. The lowest BCUT2D eigenvalue weighted by atomic mass is 10.0. The number of carbonyl (C=O) groups excluding carboxylic acids is 1. The zero-order chi connectivity index (χ0) is 22.4. The molecule has 1 saturated heterocycles. The molecule has 3 rings (SSSR count). The van der Waals surface area contributed by atoms with Gasteiger partial charge in [0, 0.05) is 36.9 Å². The van der Waals surface area contributed by atoms with Gasteiger partial charge in [-0.1, -0.05) is 18.2 Å². The van der Waals surface area contributed by atoms with Gasteiger partial charge in [-0.25, -0.2) is 4.79 Å². The number of methoxy groups -OCH3 is 1. The minimum atomic E-state index is -4.55. The summed E-state index contributed by atoms with van der Waals surface area (Å²) in [6.07, 6.45) is -4.55. The monoisotopic (exact) mass is 473 g/mol. The van der Waals surface area contributed by atoms with E-state index in [1.165, 1.54) is 17.0 Å². The summed E-state index contributed by atoms with van der Waals surface area (Å²) in [6.45, 7) is 3.38. The number of hydrogen-bond donors (Lipinski definition) is 2. The average molecular weight is 474 g/mol. The summed E-state index contributed by atoms with van der Waals surface area (Å²) in [5, 5.41) is 5.78. The third-order valence-electron chi connectivity index (χ3n) is 5.20. The van der Waals surface area contributed by atoms with Crippen LogP contribution in [0.25, 0.3) is 0 Å². The Hall–Kier alpha value is -2.49. The maximum absolute atomic E-state index is 13.7. The van der Waals surface area contributed by atoms with Gasteiger partial charge in [0.15, 0.2) is 0 Å². The molecule has 10 heteroatoms.